The quantitative estimate of drug-likeness (QED) is 0.599. The van der Waals surface area contributed by atoms with Gasteiger partial charge in [0.05, 0.1) is 17.5 Å². The van der Waals surface area contributed by atoms with Crippen LogP contribution >= 0.6 is 0 Å². The van der Waals surface area contributed by atoms with E-state index < -0.39 is 0 Å². The molecule has 2 aliphatic carbocycles. The van der Waals surface area contributed by atoms with Gasteiger partial charge in [0.2, 0.25) is 5.78 Å². The Labute approximate surface area is 173 Å². The number of rotatable bonds is 8. The zero-order valence-electron chi connectivity index (χ0n) is 17.5. The van der Waals surface area contributed by atoms with E-state index in [0.29, 0.717) is 0 Å². The predicted molar refractivity (Wildman–Crippen MR) is 118 cm³/mol. The molecule has 4 rings (SSSR count). The number of hydrogen-bond donors (Lipinski definition) is 2. The first-order valence-electron chi connectivity index (χ1n) is 10.7. The molecule has 1 saturated carbocycles. The van der Waals surface area contributed by atoms with E-state index in [-0.39, 0.29) is 17.8 Å². The third kappa shape index (κ3) is 4.47. The minimum Gasteiger partial charge on any atom is -0.489 e. The summed E-state index contributed by atoms with van der Waals surface area (Å²) in [5, 5.41) is 6.87. The Morgan fingerprint density at radius 3 is 2.66 bits per heavy atom. The van der Waals surface area contributed by atoms with Gasteiger partial charge in [-0.2, -0.15) is 0 Å². The molecule has 0 bridgehead atoms. The van der Waals surface area contributed by atoms with Gasteiger partial charge in [0.15, 0.2) is 0 Å². The molecule has 29 heavy (non-hydrogen) atoms. The number of ketones is 1. The third-order valence-corrected chi connectivity index (χ3v) is 5.55. The van der Waals surface area contributed by atoms with Crippen molar-refractivity contribution in [3.05, 3.63) is 65.4 Å². The van der Waals surface area contributed by atoms with E-state index in [2.05, 4.69) is 29.7 Å². The monoisotopic (exact) mass is 390 g/mol. The summed E-state index contributed by atoms with van der Waals surface area (Å²) in [5.41, 5.74) is 4.58. The van der Waals surface area contributed by atoms with Gasteiger partial charge in [-0.15, -0.1) is 0 Å². The number of allylic oxidation sites excluding steroid dienone is 2. The summed E-state index contributed by atoms with van der Waals surface area (Å²) >= 11 is 0. The second kappa shape index (κ2) is 8.32. The molecule has 4 nitrogen and oxygen atoms in total. The molecule has 2 aliphatic rings. The zero-order valence-corrected chi connectivity index (χ0v) is 17.5. The number of ether oxygens (including phenoxy) is 1. The van der Waals surface area contributed by atoms with Crippen molar-refractivity contribution in [1.29, 1.82) is 0 Å². The van der Waals surface area contributed by atoms with E-state index in [4.69, 9.17) is 4.74 Å². The molecule has 1 atom stereocenters. The lowest BCUT2D eigenvalue weighted by Gasteiger charge is -2.25. The number of carbonyl (C=O) groups excluding carboxylic acids is 1. The number of carbonyl (C=O) groups is 1. The average molecular weight is 391 g/mol. The fourth-order valence-electron chi connectivity index (χ4n) is 3.80. The maximum absolute atomic E-state index is 13.0. The van der Waals surface area contributed by atoms with E-state index in [1.54, 1.807) is 0 Å². The van der Waals surface area contributed by atoms with Gasteiger partial charge in [-0.05, 0) is 81.0 Å². The Kier molecular flexibility index (Phi) is 5.61. The first kappa shape index (κ1) is 19.6. The van der Waals surface area contributed by atoms with Gasteiger partial charge >= 0.3 is 0 Å². The van der Waals surface area contributed by atoms with Gasteiger partial charge in [0.25, 0.3) is 0 Å². The van der Waals surface area contributed by atoms with Gasteiger partial charge in [0, 0.05) is 23.7 Å². The number of benzene rings is 2. The Morgan fingerprint density at radius 2 is 1.93 bits per heavy atom. The molecule has 0 heterocycles. The molecule has 0 aromatic heterocycles. The van der Waals surface area contributed by atoms with Crippen LogP contribution in [0.25, 0.3) is 0 Å². The zero-order chi connectivity index (χ0) is 20.4. The van der Waals surface area contributed by atoms with Crippen LogP contribution in [0.2, 0.25) is 0 Å². The van der Waals surface area contributed by atoms with Crippen molar-refractivity contribution in [3.63, 3.8) is 0 Å². The lowest BCUT2D eigenvalue weighted by molar-refractivity contribution is 0.102. The van der Waals surface area contributed by atoms with Gasteiger partial charge < -0.3 is 15.4 Å². The third-order valence-electron chi connectivity index (χ3n) is 5.55. The highest BCUT2D eigenvalue weighted by Crippen LogP contribution is 2.36. The number of fused-ring (bicyclic) bond motifs is 1. The van der Waals surface area contributed by atoms with Gasteiger partial charge in [-0.25, -0.2) is 0 Å². The summed E-state index contributed by atoms with van der Waals surface area (Å²) in [6.45, 7) is 7.13. The molecule has 0 saturated heterocycles. The largest absolute Gasteiger partial charge is 0.489 e. The summed E-state index contributed by atoms with van der Waals surface area (Å²) in [4.78, 5) is 13.0. The van der Waals surface area contributed by atoms with Crippen molar-refractivity contribution in [2.24, 2.45) is 5.92 Å². The fourth-order valence-corrected chi connectivity index (χ4v) is 3.80. The van der Waals surface area contributed by atoms with Gasteiger partial charge in [-0.1, -0.05) is 19.1 Å². The molecular weight excluding hydrogens is 360 g/mol. The Hall–Kier alpha value is -2.75. The summed E-state index contributed by atoms with van der Waals surface area (Å²) in [6, 6.07) is 14.0. The van der Waals surface area contributed by atoms with Crippen LogP contribution in [0.3, 0.4) is 0 Å². The number of para-hydroxylation sites is 2. The molecule has 0 amide bonds. The van der Waals surface area contributed by atoms with Crippen LogP contribution in [0, 0.1) is 5.92 Å². The molecule has 0 radical (unpaired) electrons. The van der Waals surface area contributed by atoms with E-state index >= 15 is 0 Å². The molecule has 1 unspecified atom stereocenters. The van der Waals surface area contributed by atoms with Crippen LogP contribution in [0.5, 0.6) is 5.75 Å². The molecule has 2 aromatic carbocycles. The number of Topliss-reactive ketones (excluding diaryl/α,β-unsaturated/α-hetero) is 1. The van der Waals surface area contributed by atoms with Crippen LogP contribution < -0.4 is 15.4 Å². The highest BCUT2D eigenvalue weighted by molar-refractivity contribution is 6.11. The molecule has 152 valence electrons. The summed E-state index contributed by atoms with van der Waals surface area (Å²) in [7, 11) is 0. The topological polar surface area (TPSA) is 50.4 Å². The van der Waals surface area contributed by atoms with Crippen molar-refractivity contribution in [1.82, 2.24) is 5.32 Å². The lowest BCUT2D eigenvalue weighted by Crippen LogP contribution is -2.27. The number of nitrogens with one attached hydrogen (secondary N) is 2. The molecule has 4 heteroatoms. The molecule has 1 fully saturated rings. The Bertz CT molecular complexity index is 928. The van der Waals surface area contributed by atoms with E-state index in [9.17, 15) is 4.79 Å². The van der Waals surface area contributed by atoms with Crippen LogP contribution in [0.15, 0.2) is 54.2 Å². The molecule has 2 aromatic rings. The number of anilines is 2. The van der Waals surface area contributed by atoms with E-state index in [0.717, 1.165) is 52.8 Å². The first-order valence-corrected chi connectivity index (χ1v) is 10.7. The maximum atomic E-state index is 13.0. The van der Waals surface area contributed by atoms with Crippen LogP contribution in [-0.4, -0.2) is 18.4 Å². The van der Waals surface area contributed by atoms with E-state index in [1.807, 2.05) is 50.2 Å². The SMILES string of the molecule is CCC1C=C(NCC2CC2)C(=O)c2ccc(Nc3ccccc3OC(C)C)cc21. The van der Waals surface area contributed by atoms with Gasteiger partial charge in [0.1, 0.15) is 5.75 Å². The van der Waals surface area contributed by atoms with Crippen LogP contribution in [0.1, 0.15) is 61.9 Å². The minimum atomic E-state index is 0.107. The first-order chi connectivity index (χ1) is 14.0. The van der Waals surface area contributed by atoms with Crippen molar-refractivity contribution in [2.45, 2.75) is 52.1 Å². The highest BCUT2D eigenvalue weighted by Gasteiger charge is 2.28. The Balaban J connectivity index is 1.58. The molecule has 2 N–H and O–H groups in total. The van der Waals surface area contributed by atoms with Crippen LogP contribution in [0.4, 0.5) is 11.4 Å². The average Bonchev–Trinajstić information content (AvgIpc) is 3.53. The smallest absolute Gasteiger partial charge is 0.208 e. The predicted octanol–water partition coefficient (Wildman–Crippen LogP) is 5.79. The summed E-state index contributed by atoms with van der Waals surface area (Å²) in [6.07, 6.45) is 5.74. The van der Waals surface area contributed by atoms with Gasteiger partial charge in [-0.3, -0.25) is 4.79 Å². The normalized spacial score (nSPS) is 18.3. The van der Waals surface area contributed by atoms with Crippen molar-refractivity contribution in [2.75, 3.05) is 11.9 Å². The minimum absolute atomic E-state index is 0.107. The summed E-state index contributed by atoms with van der Waals surface area (Å²) < 4.78 is 5.92. The van der Waals surface area contributed by atoms with Crippen LogP contribution in [-0.2, 0) is 0 Å². The lowest BCUT2D eigenvalue weighted by atomic mass is 9.83. The van der Waals surface area contributed by atoms with E-state index in [1.165, 1.54) is 12.8 Å². The highest BCUT2D eigenvalue weighted by atomic mass is 16.5. The second-order valence-corrected chi connectivity index (χ2v) is 8.34. The summed E-state index contributed by atoms with van der Waals surface area (Å²) in [5.74, 6) is 1.92. The number of hydrogen-bond acceptors (Lipinski definition) is 4. The fraction of sp³-hybridized carbons (Fsp3) is 0.400. The van der Waals surface area contributed by atoms with Crippen molar-refractivity contribution >= 4 is 17.2 Å². The maximum Gasteiger partial charge on any atom is 0.208 e. The van der Waals surface area contributed by atoms with Crippen molar-refractivity contribution in [3.8, 4) is 5.75 Å². The Morgan fingerprint density at radius 1 is 1.14 bits per heavy atom. The molecule has 0 spiro atoms. The van der Waals surface area contributed by atoms with Crippen molar-refractivity contribution < 1.29 is 9.53 Å². The standard InChI is InChI=1S/C25H30N2O2/c1-4-18-13-23(26-15-17-9-10-17)25(28)20-12-11-19(14-21(18)20)27-22-7-5-6-8-24(22)29-16(2)3/h5-8,11-14,16-18,26-27H,4,9-10,15H2,1-3H3. The second-order valence-electron chi connectivity index (χ2n) is 8.34. The molecule has 0 aliphatic heterocycles. The molecular formula is C25H30N2O2.